The second kappa shape index (κ2) is 5.44. The van der Waals surface area contributed by atoms with E-state index in [2.05, 4.69) is 4.90 Å². The maximum atomic E-state index is 12.9. The lowest BCUT2D eigenvalue weighted by Gasteiger charge is -2.57. The fourth-order valence-corrected chi connectivity index (χ4v) is 6.41. The highest BCUT2D eigenvalue weighted by molar-refractivity contribution is 6.18. The molecular weight excluding hydrogens is 282 g/mol. The first-order valence-electron chi connectivity index (χ1n) is 9.03. The van der Waals surface area contributed by atoms with Gasteiger partial charge in [-0.15, -0.1) is 11.6 Å². The summed E-state index contributed by atoms with van der Waals surface area (Å²) in [6.07, 6.45) is 12.9. The van der Waals surface area contributed by atoms with E-state index in [-0.39, 0.29) is 0 Å². The van der Waals surface area contributed by atoms with E-state index in [9.17, 15) is 4.79 Å². The predicted molar refractivity (Wildman–Crippen MR) is 85.3 cm³/mol. The van der Waals surface area contributed by atoms with Crippen LogP contribution in [0.3, 0.4) is 0 Å². The summed E-state index contributed by atoms with van der Waals surface area (Å²) in [5.41, 5.74) is 0.375. The first kappa shape index (κ1) is 14.4. The van der Waals surface area contributed by atoms with Crippen LogP contribution < -0.4 is 0 Å². The molecule has 0 spiro atoms. The molecule has 0 aromatic rings. The minimum atomic E-state index is 0.375. The lowest BCUT2D eigenvalue weighted by molar-refractivity contribution is -0.143. The summed E-state index contributed by atoms with van der Waals surface area (Å²) in [5.74, 6) is 3.82. The molecule has 4 bridgehead atoms. The Balaban J connectivity index is 1.45. The predicted octanol–water partition coefficient (Wildman–Crippen LogP) is 4.21. The second-order valence-corrected chi connectivity index (χ2v) is 8.83. The average Bonchev–Trinajstić information content (AvgIpc) is 2.33. The molecule has 5 saturated carbocycles. The molecule has 118 valence electrons. The Labute approximate surface area is 133 Å². The molecule has 0 N–H and O–H groups in total. The highest BCUT2D eigenvalue weighted by Gasteiger charge is 2.52. The smallest absolute Gasteiger partial charge is 0.223 e. The molecule has 5 rings (SSSR count). The largest absolute Gasteiger partial charge is 0.339 e. The van der Waals surface area contributed by atoms with Gasteiger partial charge in [-0.25, -0.2) is 0 Å². The maximum Gasteiger partial charge on any atom is 0.223 e. The third-order valence-electron chi connectivity index (χ3n) is 6.85. The number of halogens is 1. The van der Waals surface area contributed by atoms with Crippen LogP contribution in [-0.2, 0) is 4.79 Å². The van der Waals surface area contributed by atoms with Crippen LogP contribution in [-0.4, -0.2) is 29.3 Å². The molecular formula is C18H28ClNO. The number of alkyl halides is 1. The Morgan fingerprint density at radius 2 is 1.62 bits per heavy atom. The van der Waals surface area contributed by atoms with E-state index in [1.807, 2.05) is 0 Å². The van der Waals surface area contributed by atoms with E-state index >= 15 is 0 Å². The Bertz CT molecular complexity index is 382. The van der Waals surface area contributed by atoms with Gasteiger partial charge in [-0.1, -0.05) is 0 Å². The molecule has 0 aromatic heterocycles. The number of rotatable bonds is 5. The average molecular weight is 310 g/mol. The molecule has 0 saturated heterocycles. The van der Waals surface area contributed by atoms with Crippen LogP contribution in [0.1, 0.15) is 64.2 Å². The van der Waals surface area contributed by atoms with Crippen LogP contribution in [0.4, 0.5) is 0 Å². The molecule has 1 amide bonds. The zero-order chi connectivity index (χ0) is 14.4. The van der Waals surface area contributed by atoms with Gasteiger partial charge in [0.05, 0.1) is 0 Å². The van der Waals surface area contributed by atoms with E-state index in [1.54, 1.807) is 0 Å². The molecule has 5 fully saturated rings. The minimum absolute atomic E-state index is 0.375. The summed E-state index contributed by atoms with van der Waals surface area (Å²) in [5, 5.41) is 0. The summed E-state index contributed by atoms with van der Waals surface area (Å²) in [4.78, 5) is 15.1. The lowest BCUT2D eigenvalue weighted by Crippen LogP contribution is -2.51. The Hall–Kier alpha value is -0.240. The first-order chi connectivity index (χ1) is 10.2. The van der Waals surface area contributed by atoms with Crippen molar-refractivity contribution in [3.8, 4) is 0 Å². The second-order valence-electron chi connectivity index (χ2n) is 8.46. The standard InChI is InChI=1S/C18H28ClNO/c19-4-5-20(16-2-1-3-16)17(21)12-18-9-13-6-14(10-18)8-15(7-13)11-18/h13-16H,1-12H2. The topological polar surface area (TPSA) is 20.3 Å². The number of nitrogens with zero attached hydrogens (tertiary/aromatic N) is 1. The molecule has 5 aliphatic carbocycles. The van der Waals surface area contributed by atoms with E-state index in [4.69, 9.17) is 11.6 Å². The summed E-state index contributed by atoms with van der Waals surface area (Å²) in [7, 11) is 0. The van der Waals surface area contributed by atoms with Crippen molar-refractivity contribution in [2.45, 2.75) is 70.3 Å². The van der Waals surface area contributed by atoms with Crippen molar-refractivity contribution in [3.63, 3.8) is 0 Å². The van der Waals surface area contributed by atoms with Crippen molar-refractivity contribution in [1.82, 2.24) is 4.90 Å². The fraction of sp³-hybridized carbons (Fsp3) is 0.944. The van der Waals surface area contributed by atoms with Crippen molar-refractivity contribution < 1.29 is 4.79 Å². The number of carbonyl (C=O) groups excluding carboxylic acids is 1. The molecule has 3 heteroatoms. The van der Waals surface area contributed by atoms with E-state index in [1.165, 1.54) is 57.8 Å². The highest BCUT2D eigenvalue weighted by atomic mass is 35.5. The molecule has 0 aromatic carbocycles. The van der Waals surface area contributed by atoms with Gasteiger partial charge >= 0.3 is 0 Å². The van der Waals surface area contributed by atoms with E-state index < -0.39 is 0 Å². The van der Waals surface area contributed by atoms with Crippen LogP contribution in [0, 0.1) is 23.2 Å². The van der Waals surface area contributed by atoms with E-state index in [0.717, 1.165) is 30.7 Å². The summed E-state index contributed by atoms with van der Waals surface area (Å²) >= 11 is 5.95. The molecule has 2 nitrogen and oxygen atoms in total. The van der Waals surface area contributed by atoms with Crippen molar-refractivity contribution in [1.29, 1.82) is 0 Å². The Kier molecular flexibility index (Phi) is 3.72. The van der Waals surface area contributed by atoms with Gasteiger partial charge < -0.3 is 4.90 Å². The lowest BCUT2D eigenvalue weighted by atomic mass is 9.49. The highest BCUT2D eigenvalue weighted by Crippen LogP contribution is 2.61. The van der Waals surface area contributed by atoms with E-state index in [0.29, 0.717) is 23.2 Å². The summed E-state index contributed by atoms with van der Waals surface area (Å²) in [6.45, 7) is 0.761. The first-order valence-corrected chi connectivity index (χ1v) is 9.56. The summed E-state index contributed by atoms with van der Waals surface area (Å²) in [6, 6.07) is 0.505. The third-order valence-corrected chi connectivity index (χ3v) is 7.02. The maximum absolute atomic E-state index is 12.9. The molecule has 0 aliphatic heterocycles. The molecule has 0 atom stereocenters. The third kappa shape index (κ3) is 2.62. The monoisotopic (exact) mass is 309 g/mol. The van der Waals surface area contributed by atoms with Crippen LogP contribution in [0.25, 0.3) is 0 Å². The molecule has 0 radical (unpaired) electrons. The summed E-state index contributed by atoms with van der Waals surface area (Å²) < 4.78 is 0. The van der Waals surface area contributed by atoms with Gasteiger partial charge in [0.25, 0.3) is 0 Å². The van der Waals surface area contributed by atoms with Crippen molar-refractivity contribution >= 4 is 17.5 Å². The van der Waals surface area contributed by atoms with Crippen molar-refractivity contribution in [2.24, 2.45) is 23.2 Å². The molecule has 21 heavy (non-hydrogen) atoms. The molecule has 0 unspecified atom stereocenters. The minimum Gasteiger partial charge on any atom is -0.339 e. The zero-order valence-electron chi connectivity index (χ0n) is 13.0. The van der Waals surface area contributed by atoms with Crippen LogP contribution >= 0.6 is 11.6 Å². The van der Waals surface area contributed by atoms with Gasteiger partial charge in [0, 0.05) is 24.9 Å². The fourth-order valence-electron chi connectivity index (χ4n) is 6.23. The van der Waals surface area contributed by atoms with Crippen molar-refractivity contribution in [2.75, 3.05) is 12.4 Å². The van der Waals surface area contributed by atoms with Gasteiger partial charge in [0.15, 0.2) is 0 Å². The van der Waals surface area contributed by atoms with Gasteiger partial charge in [-0.3, -0.25) is 4.79 Å². The van der Waals surface area contributed by atoms with Crippen LogP contribution in [0.5, 0.6) is 0 Å². The Morgan fingerprint density at radius 3 is 2.05 bits per heavy atom. The number of carbonyl (C=O) groups is 1. The van der Waals surface area contributed by atoms with Gasteiger partial charge in [0.1, 0.15) is 0 Å². The van der Waals surface area contributed by atoms with Crippen LogP contribution in [0.2, 0.25) is 0 Å². The quantitative estimate of drug-likeness (QED) is 0.697. The van der Waals surface area contributed by atoms with Crippen LogP contribution in [0.15, 0.2) is 0 Å². The zero-order valence-corrected chi connectivity index (χ0v) is 13.8. The van der Waals surface area contributed by atoms with Gasteiger partial charge in [-0.2, -0.15) is 0 Å². The SMILES string of the molecule is O=C(CC12CC3CC(CC(C3)C1)C2)N(CCCl)C1CCC1. The number of hydrogen-bond acceptors (Lipinski definition) is 1. The normalized spacial score (nSPS) is 41.1. The molecule has 5 aliphatic rings. The number of amides is 1. The van der Waals surface area contributed by atoms with Gasteiger partial charge in [0.2, 0.25) is 5.91 Å². The van der Waals surface area contributed by atoms with Gasteiger partial charge in [-0.05, 0) is 81.0 Å². The molecule has 0 heterocycles. The number of hydrogen-bond donors (Lipinski definition) is 0. The van der Waals surface area contributed by atoms with Crippen molar-refractivity contribution in [3.05, 3.63) is 0 Å². The Morgan fingerprint density at radius 1 is 1.05 bits per heavy atom.